The molecule has 1 aromatic carbocycles. The number of hydrogen-bond acceptors (Lipinski definition) is 4. The highest BCUT2D eigenvalue weighted by Gasteiger charge is 2.28. The highest BCUT2D eigenvalue weighted by atomic mass is 19.4. The van der Waals surface area contributed by atoms with Gasteiger partial charge >= 0.3 is 6.18 Å². The molecule has 0 bridgehead atoms. The molecule has 0 atom stereocenters. The van der Waals surface area contributed by atoms with Gasteiger partial charge in [0.15, 0.2) is 0 Å². The van der Waals surface area contributed by atoms with Gasteiger partial charge in [-0.15, -0.1) is 0 Å². The number of hydrogen-bond donors (Lipinski definition) is 3. The molecule has 3 N–H and O–H groups in total. The first-order valence-corrected chi connectivity index (χ1v) is 10.9. The molecule has 4 rings (SSSR count). The summed E-state index contributed by atoms with van der Waals surface area (Å²) < 4.78 is 65.3. The fourth-order valence-corrected chi connectivity index (χ4v) is 4.14. The molecule has 1 fully saturated rings. The van der Waals surface area contributed by atoms with Crippen molar-refractivity contribution in [1.82, 2.24) is 14.7 Å². The van der Waals surface area contributed by atoms with Gasteiger partial charge in [-0.05, 0) is 49.9 Å². The molecule has 1 aliphatic carbocycles. The van der Waals surface area contributed by atoms with E-state index in [2.05, 4.69) is 20.9 Å². The number of alkyl halides is 5. The molecule has 182 valence electrons. The van der Waals surface area contributed by atoms with E-state index in [0.29, 0.717) is 24.3 Å². The summed E-state index contributed by atoms with van der Waals surface area (Å²) in [6.45, 7) is -1.23. The molecule has 2 heterocycles. The highest BCUT2D eigenvalue weighted by molar-refractivity contribution is 5.99. The van der Waals surface area contributed by atoms with E-state index in [9.17, 15) is 26.7 Å². The van der Waals surface area contributed by atoms with Crippen LogP contribution in [0.5, 0.6) is 0 Å². The Labute approximate surface area is 192 Å². The number of nitrogens with zero attached hydrogens (tertiary/aromatic N) is 2. The number of benzene rings is 1. The Morgan fingerprint density at radius 3 is 2.44 bits per heavy atom. The number of nitrogens with one attached hydrogen (secondary N) is 3. The molecule has 0 saturated heterocycles. The minimum Gasteiger partial charge on any atom is -0.376 e. The van der Waals surface area contributed by atoms with Gasteiger partial charge in [-0.25, -0.2) is 13.8 Å². The molecule has 3 aromatic rings. The zero-order chi connectivity index (χ0) is 24.3. The number of anilines is 2. The number of aromatic nitrogens is 2. The van der Waals surface area contributed by atoms with Crippen molar-refractivity contribution in [3.8, 4) is 0 Å². The summed E-state index contributed by atoms with van der Waals surface area (Å²) >= 11 is 0. The van der Waals surface area contributed by atoms with Crippen molar-refractivity contribution in [2.24, 2.45) is 0 Å². The van der Waals surface area contributed by atoms with Crippen LogP contribution >= 0.6 is 0 Å². The number of halogens is 5. The first kappa shape index (κ1) is 23.8. The van der Waals surface area contributed by atoms with Crippen molar-refractivity contribution in [2.45, 2.75) is 50.4 Å². The standard InChI is InChI=1S/C23H24F5N5O/c24-21(25)18-12-33-19(6-3-7-20(33)32-18)30-14-8-10-15(11-9-14)31-22(34)16-4-1-2-5-17(16)29-13-23(26,27)28/h1-7,12,14-15,21,29-30H,8-11,13H2,(H,31,34)/t14-,15+. The lowest BCUT2D eigenvalue weighted by molar-refractivity contribution is -0.115. The van der Waals surface area contributed by atoms with E-state index in [4.69, 9.17) is 0 Å². The molecular formula is C23H24F5N5O. The number of para-hydroxylation sites is 1. The van der Waals surface area contributed by atoms with Gasteiger partial charge in [0.05, 0.1) is 5.56 Å². The lowest BCUT2D eigenvalue weighted by Gasteiger charge is -2.30. The van der Waals surface area contributed by atoms with Crippen LogP contribution in [0.3, 0.4) is 0 Å². The third-order valence-corrected chi connectivity index (χ3v) is 5.80. The van der Waals surface area contributed by atoms with E-state index < -0.39 is 25.1 Å². The topological polar surface area (TPSA) is 70.5 Å². The van der Waals surface area contributed by atoms with Crippen LogP contribution in [0.1, 0.15) is 48.2 Å². The third-order valence-electron chi connectivity index (χ3n) is 5.80. The van der Waals surface area contributed by atoms with Crippen LogP contribution in [0.25, 0.3) is 5.65 Å². The highest BCUT2D eigenvalue weighted by Crippen LogP contribution is 2.26. The number of amides is 1. The van der Waals surface area contributed by atoms with Crippen LogP contribution in [0.2, 0.25) is 0 Å². The lowest BCUT2D eigenvalue weighted by Crippen LogP contribution is -2.40. The second kappa shape index (κ2) is 9.86. The second-order valence-corrected chi connectivity index (χ2v) is 8.29. The minimum absolute atomic E-state index is 0.0805. The molecule has 0 unspecified atom stereocenters. The first-order valence-electron chi connectivity index (χ1n) is 10.9. The van der Waals surface area contributed by atoms with Crippen LogP contribution < -0.4 is 16.0 Å². The van der Waals surface area contributed by atoms with Crippen LogP contribution in [0.15, 0.2) is 48.7 Å². The number of carbonyl (C=O) groups is 1. The number of rotatable bonds is 7. The Balaban J connectivity index is 1.34. The molecule has 11 heteroatoms. The molecule has 2 aromatic heterocycles. The van der Waals surface area contributed by atoms with Crippen molar-refractivity contribution in [1.29, 1.82) is 0 Å². The summed E-state index contributed by atoms with van der Waals surface area (Å²) in [5.41, 5.74) is 0.433. The zero-order valence-electron chi connectivity index (χ0n) is 18.1. The van der Waals surface area contributed by atoms with Crippen LogP contribution in [0.4, 0.5) is 33.5 Å². The molecule has 1 amide bonds. The Hall–Kier alpha value is -3.37. The van der Waals surface area contributed by atoms with Gasteiger partial charge in [-0.3, -0.25) is 9.20 Å². The fraction of sp³-hybridized carbons (Fsp3) is 0.391. The normalized spacial score (nSPS) is 18.8. The Kier molecular flexibility index (Phi) is 6.90. The molecule has 1 aliphatic rings. The molecule has 0 aliphatic heterocycles. The van der Waals surface area contributed by atoms with Gasteiger partial charge in [0.2, 0.25) is 0 Å². The third kappa shape index (κ3) is 5.75. The van der Waals surface area contributed by atoms with E-state index in [1.165, 1.54) is 18.3 Å². The largest absolute Gasteiger partial charge is 0.405 e. The summed E-state index contributed by atoms with van der Waals surface area (Å²) in [5, 5.41) is 8.57. The molecule has 0 spiro atoms. The average molecular weight is 481 g/mol. The van der Waals surface area contributed by atoms with Crippen molar-refractivity contribution in [2.75, 3.05) is 17.2 Å². The van der Waals surface area contributed by atoms with Crippen molar-refractivity contribution < 1.29 is 26.7 Å². The SMILES string of the molecule is O=C(N[C@H]1CC[C@@H](Nc2cccc3nc(C(F)F)cn23)CC1)c1ccccc1NCC(F)(F)F. The van der Waals surface area contributed by atoms with Gasteiger partial charge < -0.3 is 16.0 Å². The molecule has 0 radical (unpaired) electrons. The monoisotopic (exact) mass is 481 g/mol. The van der Waals surface area contributed by atoms with Crippen LogP contribution in [-0.4, -0.2) is 40.1 Å². The van der Waals surface area contributed by atoms with E-state index >= 15 is 0 Å². The molecule has 6 nitrogen and oxygen atoms in total. The number of imidazole rings is 1. The Morgan fingerprint density at radius 2 is 1.74 bits per heavy atom. The zero-order valence-corrected chi connectivity index (χ0v) is 18.1. The summed E-state index contributed by atoms with van der Waals surface area (Å²) in [4.78, 5) is 16.6. The number of carbonyl (C=O) groups excluding carboxylic acids is 1. The first-order chi connectivity index (χ1) is 16.2. The predicted octanol–water partition coefficient (Wildman–Crippen LogP) is 5.40. The smallest absolute Gasteiger partial charge is 0.376 e. The molecular weight excluding hydrogens is 457 g/mol. The number of fused-ring (bicyclic) bond motifs is 1. The van der Waals surface area contributed by atoms with Crippen molar-refractivity contribution in [3.05, 3.63) is 59.9 Å². The van der Waals surface area contributed by atoms with E-state index in [-0.39, 0.29) is 29.0 Å². The van der Waals surface area contributed by atoms with Crippen LogP contribution in [0, 0.1) is 0 Å². The summed E-state index contributed by atoms with van der Waals surface area (Å²) in [5.74, 6) is 0.235. The second-order valence-electron chi connectivity index (χ2n) is 8.29. The maximum absolute atomic E-state index is 13.0. The van der Waals surface area contributed by atoms with E-state index in [1.54, 1.807) is 34.7 Å². The molecule has 34 heavy (non-hydrogen) atoms. The summed E-state index contributed by atoms with van der Waals surface area (Å²) in [7, 11) is 0. The van der Waals surface area contributed by atoms with E-state index in [0.717, 1.165) is 12.8 Å². The summed E-state index contributed by atoms with van der Waals surface area (Å²) in [6.07, 6.45) is -2.93. The lowest BCUT2D eigenvalue weighted by atomic mass is 9.91. The maximum Gasteiger partial charge on any atom is 0.405 e. The van der Waals surface area contributed by atoms with Gasteiger partial charge in [0, 0.05) is 24.0 Å². The molecule has 1 saturated carbocycles. The van der Waals surface area contributed by atoms with Crippen LogP contribution in [-0.2, 0) is 0 Å². The van der Waals surface area contributed by atoms with Crippen molar-refractivity contribution >= 4 is 23.1 Å². The quantitative estimate of drug-likeness (QED) is 0.396. The Bertz CT molecular complexity index is 1140. The number of pyridine rings is 1. The maximum atomic E-state index is 13.0. The minimum atomic E-state index is -4.39. The Morgan fingerprint density at radius 1 is 1.03 bits per heavy atom. The van der Waals surface area contributed by atoms with Gasteiger partial charge in [-0.1, -0.05) is 18.2 Å². The predicted molar refractivity (Wildman–Crippen MR) is 118 cm³/mol. The van der Waals surface area contributed by atoms with Crippen molar-refractivity contribution in [3.63, 3.8) is 0 Å². The van der Waals surface area contributed by atoms with Gasteiger partial charge in [-0.2, -0.15) is 13.2 Å². The van der Waals surface area contributed by atoms with E-state index in [1.807, 2.05) is 0 Å². The average Bonchev–Trinajstić information content (AvgIpc) is 3.25. The summed E-state index contributed by atoms with van der Waals surface area (Å²) in [6, 6.07) is 11.3. The fourth-order valence-electron chi connectivity index (χ4n) is 4.14. The van der Waals surface area contributed by atoms with Gasteiger partial charge in [0.1, 0.15) is 23.7 Å². The van der Waals surface area contributed by atoms with Gasteiger partial charge in [0.25, 0.3) is 12.3 Å².